The van der Waals surface area contributed by atoms with Crippen LogP contribution >= 0.6 is 0 Å². The van der Waals surface area contributed by atoms with Crippen LogP contribution in [0.25, 0.3) is 10.9 Å². The highest BCUT2D eigenvalue weighted by molar-refractivity contribution is 5.79. The van der Waals surface area contributed by atoms with Crippen LogP contribution in [0.4, 0.5) is 4.39 Å². The Morgan fingerprint density at radius 2 is 2.29 bits per heavy atom. The van der Waals surface area contributed by atoms with E-state index in [1.54, 1.807) is 0 Å². The van der Waals surface area contributed by atoms with Crippen LogP contribution in [-0.2, 0) is 0 Å². The standard InChI is InChI=1S/C9H7FN2O2/c1-14-5-2-6(10)8-7(3-5)11-4-12-9(8)13/h2-4H,1H3,(H,11,12,13). The number of nitrogens with zero attached hydrogens (tertiary/aromatic N) is 1. The number of fused-ring (bicyclic) bond motifs is 1. The number of halogens is 1. The molecular weight excluding hydrogens is 187 g/mol. The van der Waals surface area contributed by atoms with E-state index in [9.17, 15) is 9.18 Å². The summed E-state index contributed by atoms with van der Waals surface area (Å²) in [5.41, 5.74) is -0.208. The molecule has 5 heteroatoms. The van der Waals surface area contributed by atoms with Crippen molar-refractivity contribution in [3.05, 3.63) is 34.6 Å². The average molecular weight is 194 g/mol. The molecule has 1 aromatic heterocycles. The maximum Gasteiger partial charge on any atom is 0.261 e. The van der Waals surface area contributed by atoms with Gasteiger partial charge in [0, 0.05) is 12.1 Å². The van der Waals surface area contributed by atoms with Crippen LogP contribution in [0.3, 0.4) is 0 Å². The Hall–Kier alpha value is -1.91. The van der Waals surface area contributed by atoms with E-state index in [0.717, 1.165) is 6.07 Å². The zero-order chi connectivity index (χ0) is 10.1. The van der Waals surface area contributed by atoms with Gasteiger partial charge in [-0.15, -0.1) is 0 Å². The summed E-state index contributed by atoms with van der Waals surface area (Å²) in [5.74, 6) is -0.290. The molecule has 0 unspecified atom stereocenters. The molecular formula is C9H7FN2O2. The molecule has 0 aliphatic heterocycles. The smallest absolute Gasteiger partial charge is 0.261 e. The number of hydrogen-bond donors (Lipinski definition) is 1. The van der Waals surface area contributed by atoms with Crippen molar-refractivity contribution < 1.29 is 9.13 Å². The molecule has 1 aromatic carbocycles. The van der Waals surface area contributed by atoms with Gasteiger partial charge in [0.25, 0.3) is 5.56 Å². The van der Waals surface area contributed by atoms with E-state index in [1.165, 1.54) is 19.5 Å². The summed E-state index contributed by atoms with van der Waals surface area (Å²) in [6.45, 7) is 0. The van der Waals surface area contributed by atoms with Gasteiger partial charge in [0.15, 0.2) is 0 Å². The first-order valence-electron chi connectivity index (χ1n) is 3.93. The highest BCUT2D eigenvalue weighted by Crippen LogP contribution is 2.19. The van der Waals surface area contributed by atoms with Gasteiger partial charge in [-0.25, -0.2) is 9.37 Å². The van der Waals surface area contributed by atoms with E-state index < -0.39 is 11.4 Å². The minimum atomic E-state index is -0.631. The maximum absolute atomic E-state index is 13.4. The van der Waals surface area contributed by atoms with Gasteiger partial charge >= 0.3 is 0 Å². The Morgan fingerprint density at radius 3 is 3.00 bits per heavy atom. The third kappa shape index (κ3) is 1.22. The minimum absolute atomic E-state index is 0.0479. The molecule has 0 radical (unpaired) electrons. The van der Waals surface area contributed by atoms with Crippen LogP contribution in [0.1, 0.15) is 0 Å². The van der Waals surface area contributed by atoms with Crippen molar-refractivity contribution in [3.63, 3.8) is 0 Å². The fourth-order valence-electron chi connectivity index (χ4n) is 1.25. The van der Waals surface area contributed by atoms with Gasteiger partial charge in [0.2, 0.25) is 0 Å². The lowest BCUT2D eigenvalue weighted by Gasteiger charge is -2.01. The predicted molar refractivity (Wildman–Crippen MR) is 48.9 cm³/mol. The number of hydrogen-bond acceptors (Lipinski definition) is 3. The SMILES string of the molecule is COc1cc(F)c2c(=O)[nH]cnc2c1. The first-order valence-corrected chi connectivity index (χ1v) is 3.93. The largest absolute Gasteiger partial charge is 0.497 e. The molecule has 0 spiro atoms. The first-order chi connectivity index (χ1) is 6.72. The Bertz CT molecular complexity index is 536. The first kappa shape index (κ1) is 8.68. The van der Waals surface area contributed by atoms with Gasteiger partial charge in [-0.05, 0) is 0 Å². The topological polar surface area (TPSA) is 55.0 Å². The molecule has 0 saturated carbocycles. The van der Waals surface area contributed by atoms with Crippen LogP contribution in [0.5, 0.6) is 5.75 Å². The van der Waals surface area contributed by atoms with Gasteiger partial charge in [-0.1, -0.05) is 0 Å². The van der Waals surface area contributed by atoms with E-state index in [4.69, 9.17) is 4.74 Å². The van der Waals surface area contributed by atoms with Gasteiger partial charge < -0.3 is 9.72 Å². The second-order valence-corrected chi connectivity index (χ2v) is 2.74. The summed E-state index contributed by atoms with van der Waals surface area (Å²) >= 11 is 0. The summed E-state index contributed by atoms with van der Waals surface area (Å²) in [4.78, 5) is 17.4. The minimum Gasteiger partial charge on any atom is -0.497 e. The van der Waals surface area contributed by atoms with Gasteiger partial charge in [-0.3, -0.25) is 4.79 Å². The molecule has 0 atom stereocenters. The third-order valence-corrected chi connectivity index (χ3v) is 1.90. The molecule has 1 heterocycles. The van der Waals surface area contributed by atoms with Gasteiger partial charge in [0.1, 0.15) is 17.0 Å². The summed E-state index contributed by atoms with van der Waals surface area (Å²) in [6, 6.07) is 2.66. The predicted octanol–water partition coefficient (Wildman–Crippen LogP) is 1.07. The second kappa shape index (κ2) is 3.10. The number of aromatic nitrogens is 2. The number of aromatic amines is 1. The van der Waals surface area contributed by atoms with Crippen molar-refractivity contribution in [1.29, 1.82) is 0 Å². The number of nitrogens with one attached hydrogen (secondary N) is 1. The molecule has 1 N–H and O–H groups in total. The zero-order valence-corrected chi connectivity index (χ0v) is 7.37. The van der Waals surface area contributed by atoms with E-state index in [-0.39, 0.29) is 10.9 Å². The Balaban J connectivity index is 2.90. The molecule has 14 heavy (non-hydrogen) atoms. The summed E-state index contributed by atoms with van der Waals surface area (Å²) in [7, 11) is 1.42. The van der Waals surface area contributed by atoms with Crippen molar-refractivity contribution in [1.82, 2.24) is 9.97 Å². The van der Waals surface area contributed by atoms with Crippen molar-refractivity contribution >= 4 is 10.9 Å². The summed E-state index contributed by atoms with van der Waals surface area (Å²) in [6.07, 6.45) is 1.23. The van der Waals surface area contributed by atoms with Crippen LogP contribution in [0.15, 0.2) is 23.3 Å². The molecule has 72 valence electrons. The Kier molecular flexibility index (Phi) is 1.92. The molecule has 0 saturated heterocycles. The number of rotatable bonds is 1. The van der Waals surface area contributed by atoms with Gasteiger partial charge in [0.05, 0.1) is 19.0 Å². The lowest BCUT2D eigenvalue weighted by Crippen LogP contribution is -2.08. The summed E-state index contributed by atoms with van der Waals surface area (Å²) < 4.78 is 18.2. The normalized spacial score (nSPS) is 10.4. The molecule has 0 fully saturated rings. The van der Waals surface area contributed by atoms with E-state index in [1.807, 2.05) is 0 Å². The van der Waals surface area contributed by atoms with Gasteiger partial charge in [-0.2, -0.15) is 0 Å². The number of benzene rings is 1. The van der Waals surface area contributed by atoms with Crippen LogP contribution in [-0.4, -0.2) is 17.1 Å². The maximum atomic E-state index is 13.4. The van der Waals surface area contributed by atoms with Crippen molar-refractivity contribution in [3.8, 4) is 5.75 Å². The summed E-state index contributed by atoms with van der Waals surface area (Å²) in [5, 5.41) is -0.0479. The van der Waals surface area contributed by atoms with E-state index in [2.05, 4.69) is 9.97 Å². The van der Waals surface area contributed by atoms with Crippen LogP contribution in [0.2, 0.25) is 0 Å². The molecule has 4 nitrogen and oxygen atoms in total. The molecule has 0 amide bonds. The fraction of sp³-hybridized carbons (Fsp3) is 0.111. The number of H-pyrrole nitrogens is 1. The van der Waals surface area contributed by atoms with E-state index >= 15 is 0 Å². The molecule has 0 bridgehead atoms. The van der Waals surface area contributed by atoms with Crippen molar-refractivity contribution in [2.75, 3.05) is 7.11 Å². The average Bonchev–Trinajstić information content (AvgIpc) is 2.17. The lowest BCUT2D eigenvalue weighted by molar-refractivity contribution is 0.412. The second-order valence-electron chi connectivity index (χ2n) is 2.74. The quantitative estimate of drug-likeness (QED) is 0.738. The molecule has 2 aromatic rings. The molecule has 2 rings (SSSR count). The lowest BCUT2D eigenvalue weighted by atomic mass is 10.2. The van der Waals surface area contributed by atoms with E-state index in [0.29, 0.717) is 5.75 Å². The highest BCUT2D eigenvalue weighted by atomic mass is 19.1. The Labute approximate surface area is 78.4 Å². The Morgan fingerprint density at radius 1 is 1.50 bits per heavy atom. The highest BCUT2D eigenvalue weighted by Gasteiger charge is 2.08. The van der Waals surface area contributed by atoms with Crippen LogP contribution in [0, 0.1) is 5.82 Å². The van der Waals surface area contributed by atoms with Crippen LogP contribution < -0.4 is 10.3 Å². The number of ether oxygens (including phenoxy) is 1. The van der Waals surface area contributed by atoms with Crippen molar-refractivity contribution in [2.24, 2.45) is 0 Å². The fourth-order valence-corrected chi connectivity index (χ4v) is 1.25. The molecule has 0 aliphatic rings. The van der Waals surface area contributed by atoms with Crippen molar-refractivity contribution in [2.45, 2.75) is 0 Å². The third-order valence-electron chi connectivity index (χ3n) is 1.90. The zero-order valence-electron chi connectivity index (χ0n) is 7.37. The number of methoxy groups -OCH3 is 1. The monoisotopic (exact) mass is 194 g/mol. The molecule has 0 aliphatic carbocycles.